The number of hydrogen-bond donors (Lipinski definition) is 1. The van der Waals surface area contributed by atoms with Crippen molar-refractivity contribution >= 4 is 5.71 Å². The molecule has 1 unspecified atom stereocenters. The van der Waals surface area contributed by atoms with Crippen molar-refractivity contribution in [3.05, 3.63) is 12.2 Å². The summed E-state index contributed by atoms with van der Waals surface area (Å²) in [6.45, 7) is 1.36. The van der Waals surface area contributed by atoms with Crippen molar-refractivity contribution in [2.45, 2.75) is 18.9 Å². The van der Waals surface area contributed by atoms with Gasteiger partial charge in [-0.05, 0) is 18.9 Å². The molecule has 0 aromatic carbocycles. The molecule has 0 aromatic rings. The number of ether oxygens (including phenoxy) is 1. The topological polar surface area (TPSA) is 47.6 Å². The summed E-state index contributed by atoms with van der Waals surface area (Å²) >= 11 is 0. The third-order valence-electron chi connectivity index (χ3n) is 1.94. The molecule has 68 valence electrons. The molecule has 0 fully saturated rings. The number of nitrogens with zero attached hydrogens (tertiary/aromatic N) is 1. The van der Waals surface area contributed by atoms with E-state index in [0.29, 0.717) is 6.54 Å². The number of allylic oxidation sites excluding steroid dienone is 1. The highest BCUT2D eigenvalue weighted by atomic mass is 16.5. The van der Waals surface area contributed by atoms with E-state index in [0.717, 1.165) is 25.1 Å². The van der Waals surface area contributed by atoms with E-state index in [9.17, 15) is 0 Å². The highest BCUT2D eigenvalue weighted by Gasteiger charge is 2.09. The van der Waals surface area contributed by atoms with Crippen LogP contribution in [0.1, 0.15) is 12.8 Å². The van der Waals surface area contributed by atoms with Crippen LogP contribution in [-0.2, 0) is 4.74 Å². The van der Waals surface area contributed by atoms with E-state index in [2.05, 4.69) is 11.1 Å². The largest absolute Gasteiger partial charge is 0.377 e. The lowest BCUT2D eigenvalue weighted by Crippen LogP contribution is -2.15. The van der Waals surface area contributed by atoms with E-state index in [1.165, 1.54) is 0 Å². The van der Waals surface area contributed by atoms with Gasteiger partial charge >= 0.3 is 0 Å². The quantitative estimate of drug-likeness (QED) is 0.676. The summed E-state index contributed by atoms with van der Waals surface area (Å²) in [6.07, 6.45) is 6.42. The number of rotatable bonds is 3. The van der Waals surface area contributed by atoms with Crippen molar-refractivity contribution in [2.75, 3.05) is 20.2 Å². The standard InChI is InChI=1S/C9H16N2O/c1-12-9-4-2-8(3-5-9)11-7-6-10/h2,4,9H,3,5-7,10H2,1H3. The van der Waals surface area contributed by atoms with Gasteiger partial charge in [0.1, 0.15) is 0 Å². The van der Waals surface area contributed by atoms with Gasteiger partial charge in [0.25, 0.3) is 0 Å². The first-order chi connectivity index (χ1) is 5.86. The lowest BCUT2D eigenvalue weighted by atomic mass is 10.0. The molecule has 0 bridgehead atoms. The minimum Gasteiger partial charge on any atom is -0.377 e. The van der Waals surface area contributed by atoms with Gasteiger partial charge in [0.05, 0.1) is 12.6 Å². The molecule has 1 aliphatic carbocycles. The smallest absolute Gasteiger partial charge is 0.0759 e. The van der Waals surface area contributed by atoms with Gasteiger partial charge in [-0.15, -0.1) is 0 Å². The minimum absolute atomic E-state index is 0.279. The molecule has 0 saturated heterocycles. The molecule has 0 aliphatic heterocycles. The molecule has 0 heterocycles. The van der Waals surface area contributed by atoms with Crippen LogP contribution in [0.25, 0.3) is 0 Å². The first-order valence-corrected chi connectivity index (χ1v) is 4.31. The second-order valence-electron chi connectivity index (χ2n) is 2.83. The summed E-state index contributed by atoms with van der Waals surface area (Å²) in [5.74, 6) is 0. The Hall–Kier alpha value is -0.670. The predicted molar refractivity (Wildman–Crippen MR) is 50.5 cm³/mol. The number of nitrogens with two attached hydrogens (primary N) is 1. The monoisotopic (exact) mass is 168 g/mol. The molecule has 3 heteroatoms. The second kappa shape index (κ2) is 5.06. The van der Waals surface area contributed by atoms with Crippen molar-refractivity contribution in [1.82, 2.24) is 0 Å². The van der Waals surface area contributed by atoms with Crippen LogP contribution in [0.4, 0.5) is 0 Å². The third kappa shape index (κ3) is 2.75. The van der Waals surface area contributed by atoms with Crippen molar-refractivity contribution in [3.63, 3.8) is 0 Å². The van der Waals surface area contributed by atoms with Gasteiger partial charge in [0.2, 0.25) is 0 Å². The Morgan fingerprint density at radius 2 is 2.58 bits per heavy atom. The van der Waals surface area contributed by atoms with Crippen LogP contribution in [0.5, 0.6) is 0 Å². The first-order valence-electron chi connectivity index (χ1n) is 4.31. The Labute approximate surface area is 73.3 Å². The van der Waals surface area contributed by atoms with Gasteiger partial charge in [-0.25, -0.2) is 0 Å². The van der Waals surface area contributed by atoms with Crippen molar-refractivity contribution in [1.29, 1.82) is 0 Å². The lowest BCUT2D eigenvalue weighted by Gasteiger charge is -2.15. The SMILES string of the molecule is COC1C=CC(=NCCN)CC1. The molecule has 0 amide bonds. The molecule has 1 aliphatic rings. The van der Waals surface area contributed by atoms with E-state index >= 15 is 0 Å². The van der Waals surface area contributed by atoms with Crippen LogP contribution >= 0.6 is 0 Å². The van der Waals surface area contributed by atoms with Crippen LogP contribution in [0.2, 0.25) is 0 Å². The Morgan fingerprint density at radius 1 is 1.75 bits per heavy atom. The molecule has 0 radical (unpaired) electrons. The minimum atomic E-state index is 0.279. The van der Waals surface area contributed by atoms with Crippen LogP contribution in [0.3, 0.4) is 0 Å². The lowest BCUT2D eigenvalue weighted by molar-refractivity contribution is 0.134. The maximum absolute atomic E-state index is 5.34. The molecule has 3 nitrogen and oxygen atoms in total. The zero-order chi connectivity index (χ0) is 8.81. The summed E-state index contributed by atoms with van der Waals surface area (Å²) in [5, 5.41) is 0. The van der Waals surface area contributed by atoms with E-state index in [-0.39, 0.29) is 6.10 Å². The highest BCUT2D eigenvalue weighted by molar-refractivity contribution is 5.95. The molecular weight excluding hydrogens is 152 g/mol. The average Bonchev–Trinajstić information content (AvgIpc) is 2.15. The summed E-state index contributed by atoms with van der Waals surface area (Å²) in [7, 11) is 1.73. The zero-order valence-corrected chi connectivity index (χ0v) is 7.49. The van der Waals surface area contributed by atoms with Gasteiger partial charge in [0, 0.05) is 19.4 Å². The van der Waals surface area contributed by atoms with Gasteiger partial charge < -0.3 is 10.5 Å². The van der Waals surface area contributed by atoms with E-state index in [1.807, 2.05) is 6.08 Å². The average molecular weight is 168 g/mol. The summed E-state index contributed by atoms with van der Waals surface area (Å²) < 4.78 is 5.18. The Morgan fingerprint density at radius 3 is 3.08 bits per heavy atom. The van der Waals surface area contributed by atoms with Crippen molar-refractivity contribution in [2.24, 2.45) is 10.7 Å². The van der Waals surface area contributed by atoms with Gasteiger partial charge in [0.15, 0.2) is 0 Å². The number of hydrogen-bond acceptors (Lipinski definition) is 3. The Bertz CT molecular complexity index is 187. The normalized spacial score (nSPS) is 26.5. The van der Waals surface area contributed by atoms with E-state index in [1.54, 1.807) is 7.11 Å². The molecule has 0 saturated carbocycles. The Balaban J connectivity index is 2.42. The molecular formula is C9H16N2O. The summed E-state index contributed by atoms with van der Waals surface area (Å²) in [6, 6.07) is 0. The van der Waals surface area contributed by atoms with Gasteiger partial charge in [-0.3, -0.25) is 4.99 Å². The Kier molecular flexibility index (Phi) is 3.97. The van der Waals surface area contributed by atoms with Crippen molar-refractivity contribution < 1.29 is 4.74 Å². The van der Waals surface area contributed by atoms with Crippen LogP contribution < -0.4 is 5.73 Å². The fourth-order valence-corrected chi connectivity index (χ4v) is 1.22. The molecule has 0 spiro atoms. The van der Waals surface area contributed by atoms with Crippen LogP contribution in [0.15, 0.2) is 17.1 Å². The fourth-order valence-electron chi connectivity index (χ4n) is 1.22. The first kappa shape index (κ1) is 9.42. The van der Waals surface area contributed by atoms with Gasteiger partial charge in [-0.2, -0.15) is 0 Å². The molecule has 12 heavy (non-hydrogen) atoms. The summed E-state index contributed by atoms with van der Waals surface area (Å²) in [5.41, 5.74) is 6.49. The third-order valence-corrected chi connectivity index (χ3v) is 1.94. The molecule has 1 rings (SSSR count). The van der Waals surface area contributed by atoms with Gasteiger partial charge in [-0.1, -0.05) is 6.08 Å². The second-order valence-corrected chi connectivity index (χ2v) is 2.83. The maximum Gasteiger partial charge on any atom is 0.0759 e. The fraction of sp³-hybridized carbons (Fsp3) is 0.667. The molecule has 2 N–H and O–H groups in total. The van der Waals surface area contributed by atoms with E-state index < -0.39 is 0 Å². The molecule has 1 atom stereocenters. The molecule has 0 aromatic heterocycles. The highest BCUT2D eigenvalue weighted by Crippen LogP contribution is 2.11. The van der Waals surface area contributed by atoms with Crippen molar-refractivity contribution in [3.8, 4) is 0 Å². The van der Waals surface area contributed by atoms with E-state index in [4.69, 9.17) is 10.5 Å². The summed E-state index contributed by atoms with van der Waals surface area (Å²) in [4.78, 5) is 4.32. The van der Waals surface area contributed by atoms with Crippen LogP contribution in [-0.4, -0.2) is 32.0 Å². The van der Waals surface area contributed by atoms with Crippen LogP contribution in [0, 0.1) is 0 Å². The number of aliphatic imine (C=N–C) groups is 1. The predicted octanol–water partition coefficient (Wildman–Crippen LogP) is 0.751. The maximum atomic E-state index is 5.34. The number of methoxy groups -OCH3 is 1. The zero-order valence-electron chi connectivity index (χ0n) is 7.49.